The van der Waals surface area contributed by atoms with Crippen LogP contribution in [0.2, 0.25) is 5.02 Å². The molecule has 7 nitrogen and oxygen atoms in total. The highest BCUT2D eigenvalue weighted by atomic mass is 35.5. The highest BCUT2D eigenvalue weighted by molar-refractivity contribution is 6.32. The Hall–Kier alpha value is -2.28. The number of piperazine rings is 1. The van der Waals surface area contributed by atoms with Crippen LogP contribution in [0.1, 0.15) is 13.8 Å². The van der Waals surface area contributed by atoms with E-state index in [-0.39, 0.29) is 5.91 Å². The van der Waals surface area contributed by atoms with Crippen molar-refractivity contribution in [2.45, 2.75) is 13.8 Å². The molecule has 3 amide bonds. The van der Waals surface area contributed by atoms with Crippen LogP contribution < -0.4 is 10.1 Å². The number of ether oxygens (including phenoxy) is 1. The third kappa shape index (κ3) is 4.22. The fourth-order valence-corrected chi connectivity index (χ4v) is 2.81. The summed E-state index contributed by atoms with van der Waals surface area (Å²) in [5.74, 6) is -0.185. The van der Waals surface area contributed by atoms with Crippen LogP contribution in [-0.2, 0) is 14.4 Å². The predicted molar refractivity (Wildman–Crippen MR) is 94.6 cm³/mol. The molecule has 1 aliphatic heterocycles. The first kappa shape index (κ1) is 19.1. The molecule has 0 aliphatic carbocycles. The van der Waals surface area contributed by atoms with Gasteiger partial charge in [0.25, 0.3) is 0 Å². The maximum atomic E-state index is 12.7. The molecule has 1 aromatic rings. The zero-order chi connectivity index (χ0) is 18.6. The van der Waals surface area contributed by atoms with Gasteiger partial charge in [-0.25, -0.2) is 0 Å². The summed E-state index contributed by atoms with van der Waals surface area (Å²) in [6.07, 6.45) is 0.771. The number of rotatable bonds is 5. The lowest BCUT2D eigenvalue weighted by molar-refractivity contribution is -0.148. The molecule has 1 aliphatic rings. The van der Waals surface area contributed by atoms with Gasteiger partial charge in [0.05, 0.1) is 12.1 Å². The average molecular weight is 368 g/mol. The zero-order valence-corrected chi connectivity index (χ0v) is 15.3. The molecule has 0 aromatic heterocycles. The van der Waals surface area contributed by atoms with Crippen LogP contribution in [0.3, 0.4) is 0 Å². The SMILES string of the molecule is COc1ccc(NC(=O)C(C)(C)C(=O)N2CCN(C=O)CC2)cc1Cl. The Morgan fingerprint density at radius 3 is 2.40 bits per heavy atom. The lowest BCUT2D eigenvalue weighted by atomic mass is 9.89. The van der Waals surface area contributed by atoms with Crippen LogP contribution in [0, 0.1) is 5.41 Å². The van der Waals surface area contributed by atoms with Crippen molar-refractivity contribution in [3.05, 3.63) is 23.2 Å². The van der Waals surface area contributed by atoms with Gasteiger partial charge in [-0.05, 0) is 32.0 Å². The number of benzene rings is 1. The standard InChI is InChI=1S/C17H22ClN3O4/c1-17(2,16(24)21-8-6-20(11-22)7-9-21)15(23)19-12-4-5-14(25-3)13(18)10-12/h4-5,10-11H,6-9H2,1-3H3,(H,19,23). The highest BCUT2D eigenvalue weighted by Gasteiger charge is 2.40. The molecule has 8 heteroatoms. The van der Waals surface area contributed by atoms with Gasteiger partial charge < -0.3 is 19.9 Å². The van der Waals surface area contributed by atoms with Crippen molar-refractivity contribution in [2.24, 2.45) is 5.41 Å². The van der Waals surface area contributed by atoms with Crippen molar-refractivity contribution >= 4 is 35.5 Å². The molecule has 0 atom stereocenters. The van der Waals surface area contributed by atoms with Crippen molar-refractivity contribution in [1.82, 2.24) is 9.80 Å². The van der Waals surface area contributed by atoms with Crippen LogP contribution >= 0.6 is 11.6 Å². The first-order valence-electron chi connectivity index (χ1n) is 7.93. The van der Waals surface area contributed by atoms with Gasteiger partial charge in [-0.1, -0.05) is 11.6 Å². The van der Waals surface area contributed by atoms with Crippen LogP contribution in [0.4, 0.5) is 5.69 Å². The summed E-state index contributed by atoms with van der Waals surface area (Å²) in [7, 11) is 1.51. The van der Waals surface area contributed by atoms with E-state index in [4.69, 9.17) is 16.3 Å². The molecule has 25 heavy (non-hydrogen) atoms. The van der Waals surface area contributed by atoms with Gasteiger partial charge in [-0.3, -0.25) is 14.4 Å². The van der Waals surface area contributed by atoms with Crippen LogP contribution in [0.15, 0.2) is 18.2 Å². The van der Waals surface area contributed by atoms with Crippen molar-refractivity contribution in [1.29, 1.82) is 0 Å². The van der Waals surface area contributed by atoms with Gasteiger partial charge in [0.15, 0.2) is 0 Å². The molecule has 0 unspecified atom stereocenters. The van der Waals surface area contributed by atoms with Crippen LogP contribution in [-0.4, -0.2) is 61.3 Å². The third-order valence-electron chi connectivity index (χ3n) is 4.26. The number of halogens is 1. The summed E-state index contributed by atoms with van der Waals surface area (Å²) >= 11 is 6.05. The van der Waals surface area contributed by atoms with E-state index in [9.17, 15) is 14.4 Å². The van der Waals surface area contributed by atoms with E-state index in [1.807, 2.05) is 0 Å². The number of hydrogen-bond acceptors (Lipinski definition) is 4. The fourth-order valence-electron chi connectivity index (χ4n) is 2.55. The Labute approximate surface area is 151 Å². The molecule has 1 aromatic carbocycles. The monoisotopic (exact) mass is 367 g/mol. The van der Waals surface area contributed by atoms with Gasteiger partial charge in [-0.15, -0.1) is 0 Å². The molecule has 1 heterocycles. The van der Waals surface area contributed by atoms with E-state index in [1.54, 1.807) is 41.8 Å². The molecular formula is C17H22ClN3O4. The lowest BCUT2D eigenvalue weighted by Crippen LogP contribution is -2.54. The van der Waals surface area contributed by atoms with Gasteiger partial charge in [-0.2, -0.15) is 0 Å². The fraction of sp³-hybridized carbons (Fsp3) is 0.471. The molecule has 0 spiro atoms. The van der Waals surface area contributed by atoms with Crippen molar-refractivity contribution in [3.63, 3.8) is 0 Å². The maximum absolute atomic E-state index is 12.7. The topological polar surface area (TPSA) is 79.0 Å². The third-order valence-corrected chi connectivity index (χ3v) is 4.56. The number of carbonyl (C=O) groups is 3. The van der Waals surface area contributed by atoms with Crippen molar-refractivity contribution < 1.29 is 19.1 Å². The largest absolute Gasteiger partial charge is 0.495 e. The molecule has 0 bridgehead atoms. The summed E-state index contributed by atoms with van der Waals surface area (Å²) in [5.41, 5.74) is -0.752. The molecule has 1 saturated heterocycles. The summed E-state index contributed by atoms with van der Waals surface area (Å²) in [4.78, 5) is 39.3. The minimum atomic E-state index is -1.24. The molecule has 136 valence electrons. The van der Waals surface area contributed by atoms with Crippen LogP contribution in [0.5, 0.6) is 5.75 Å². The Balaban J connectivity index is 2.05. The summed E-state index contributed by atoms with van der Waals surface area (Å²) < 4.78 is 5.07. The quantitative estimate of drug-likeness (QED) is 0.633. The number of methoxy groups -OCH3 is 1. The average Bonchev–Trinajstić information content (AvgIpc) is 2.61. The van der Waals surface area contributed by atoms with Gasteiger partial charge in [0.1, 0.15) is 11.2 Å². The Morgan fingerprint density at radius 2 is 1.88 bits per heavy atom. The number of nitrogens with zero attached hydrogens (tertiary/aromatic N) is 2. The minimum absolute atomic E-state index is 0.268. The second-order valence-electron chi connectivity index (χ2n) is 6.36. The van der Waals surface area contributed by atoms with E-state index in [2.05, 4.69) is 5.32 Å². The van der Waals surface area contributed by atoms with Gasteiger partial charge in [0, 0.05) is 31.9 Å². The molecule has 2 rings (SSSR count). The van der Waals surface area contributed by atoms with E-state index < -0.39 is 11.3 Å². The number of carbonyl (C=O) groups excluding carboxylic acids is 3. The summed E-state index contributed by atoms with van der Waals surface area (Å²) in [6, 6.07) is 4.87. The second-order valence-corrected chi connectivity index (χ2v) is 6.77. The van der Waals surface area contributed by atoms with E-state index in [0.717, 1.165) is 6.41 Å². The Bertz CT molecular complexity index is 670. The van der Waals surface area contributed by atoms with Crippen LogP contribution in [0.25, 0.3) is 0 Å². The zero-order valence-electron chi connectivity index (χ0n) is 14.5. The van der Waals surface area contributed by atoms with Gasteiger partial charge >= 0.3 is 0 Å². The number of nitrogens with one attached hydrogen (secondary N) is 1. The van der Waals surface area contributed by atoms with E-state index in [1.165, 1.54) is 7.11 Å². The Kier molecular flexibility index (Phi) is 5.89. The first-order chi connectivity index (χ1) is 11.8. The minimum Gasteiger partial charge on any atom is -0.495 e. The maximum Gasteiger partial charge on any atom is 0.239 e. The number of anilines is 1. The van der Waals surface area contributed by atoms with Gasteiger partial charge in [0.2, 0.25) is 18.2 Å². The van der Waals surface area contributed by atoms with Crippen molar-refractivity contribution in [2.75, 3.05) is 38.6 Å². The second kappa shape index (κ2) is 7.74. The molecular weight excluding hydrogens is 346 g/mol. The molecule has 1 fully saturated rings. The Morgan fingerprint density at radius 1 is 1.24 bits per heavy atom. The number of amides is 3. The van der Waals surface area contributed by atoms with E-state index in [0.29, 0.717) is 42.6 Å². The summed E-state index contributed by atoms with van der Waals surface area (Å²) in [6.45, 7) is 4.96. The molecule has 1 N–H and O–H groups in total. The number of hydrogen-bond donors (Lipinski definition) is 1. The molecule has 0 radical (unpaired) electrons. The smallest absolute Gasteiger partial charge is 0.239 e. The van der Waals surface area contributed by atoms with Crippen molar-refractivity contribution in [3.8, 4) is 5.75 Å². The van der Waals surface area contributed by atoms with E-state index >= 15 is 0 Å². The normalized spacial score (nSPS) is 14.9. The first-order valence-corrected chi connectivity index (χ1v) is 8.31. The molecule has 0 saturated carbocycles. The predicted octanol–water partition coefficient (Wildman–Crippen LogP) is 1.61. The highest BCUT2D eigenvalue weighted by Crippen LogP contribution is 2.29. The summed E-state index contributed by atoms with van der Waals surface area (Å²) in [5, 5.41) is 3.09. The lowest BCUT2D eigenvalue weighted by Gasteiger charge is -2.36.